The van der Waals surface area contributed by atoms with Crippen LogP contribution in [0.5, 0.6) is 0 Å². The molecule has 1 heterocycles. The molecule has 100 valence electrons. The number of hydrogen-bond donors (Lipinski definition) is 0. The Balaban J connectivity index is 2.21. The Kier molecular flexibility index (Phi) is 4.52. The number of alkyl halides is 1. The summed E-state index contributed by atoms with van der Waals surface area (Å²) in [5.74, 6) is 0.577. The molecule has 2 rings (SSSR count). The molecule has 3 heteroatoms. The zero-order valence-corrected chi connectivity index (χ0v) is 12.2. The van der Waals surface area contributed by atoms with Gasteiger partial charge in [0.05, 0.1) is 6.10 Å². The van der Waals surface area contributed by atoms with Crippen molar-refractivity contribution in [2.75, 3.05) is 18.6 Å². The Hall–Kier alpha value is -0.730. The molecule has 1 aliphatic rings. The molecule has 1 saturated heterocycles. The molecule has 1 aromatic rings. The van der Waals surface area contributed by atoms with E-state index in [2.05, 4.69) is 36.9 Å². The van der Waals surface area contributed by atoms with E-state index in [-0.39, 0.29) is 0 Å². The molecule has 1 fully saturated rings. The Morgan fingerprint density at radius 2 is 2.22 bits per heavy atom. The molecule has 0 saturated carbocycles. The van der Waals surface area contributed by atoms with Crippen molar-refractivity contribution >= 4 is 17.3 Å². The lowest BCUT2D eigenvalue weighted by atomic mass is 9.98. The second kappa shape index (κ2) is 5.94. The molecule has 18 heavy (non-hydrogen) atoms. The second-order valence-electron chi connectivity index (χ2n) is 5.19. The standard InChI is InChI=1S/C15H22ClNO/c1-11-4-5-15(13(8-11)10-16)17-7-6-14(18-3)9-12(17)2/h4-5,8,12,14H,6-7,9-10H2,1-3H3. The number of methoxy groups -OCH3 is 1. The van der Waals surface area contributed by atoms with Crippen LogP contribution in [0.4, 0.5) is 5.69 Å². The maximum Gasteiger partial charge on any atom is 0.0607 e. The number of piperidine rings is 1. The zero-order valence-electron chi connectivity index (χ0n) is 11.4. The molecule has 0 radical (unpaired) electrons. The molecule has 0 amide bonds. The first-order valence-corrected chi connectivity index (χ1v) is 7.14. The first-order chi connectivity index (χ1) is 8.65. The van der Waals surface area contributed by atoms with E-state index in [9.17, 15) is 0 Å². The minimum atomic E-state index is 0.404. The third-order valence-corrected chi connectivity index (χ3v) is 4.14. The van der Waals surface area contributed by atoms with Crippen molar-refractivity contribution in [3.8, 4) is 0 Å². The van der Waals surface area contributed by atoms with E-state index in [0.717, 1.165) is 19.4 Å². The molecule has 1 aromatic carbocycles. The van der Waals surface area contributed by atoms with Gasteiger partial charge in [0, 0.05) is 31.3 Å². The second-order valence-corrected chi connectivity index (χ2v) is 5.46. The van der Waals surface area contributed by atoms with Gasteiger partial charge in [-0.25, -0.2) is 0 Å². The van der Waals surface area contributed by atoms with Crippen LogP contribution in [0.3, 0.4) is 0 Å². The highest BCUT2D eigenvalue weighted by atomic mass is 35.5. The monoisotopic (exact) mass is 267 g/mol. The van der Waals surface area contributed by atoms with Gasteiger partial charge < -0.3 is 9.64 Å². The summed E-state index contributed by atoms with van der Waals surface area (Å²) in [5.41, 5.74) is 3.80. The van der Waals surface area contributed by atoms with Crippen molar-refractivity contribution in [3.63, 3.8) is 0 Å². The SMILES string of the molecule is COC1CCN(c2ccc(C)cc2CCl)C(C)C1. The van der Waals surface area contributed by atoms with Gasteiger partial charge in [-0.05, 0) is 38.3 Å². The number of rotatable bonds is 3. The Labute approximate surface area is 115 Å². The largest absolute Gasteiger partial charge is 0.381 e. The quantitative estimate of drug-likeness (QED) is 0.774. The first kappa shape index (κ1) is 13.7. The van der Waals surface area contributed by atoms with Gasteiger partial charge in [-0.2, -0.15) is 0 Å². The van der Waals surface area contributed by atoms with Gasteiger partial charge in [0.1, 0.15) is 0 Å². The van der Waals surface area contributed by atoms with Crippen LogP contribution in [0, 0.1) is 6.92 Å². The molecule has 0 aromatic heterocycles. The van der Waals surface area contributed by atoms with Crippen LogP contribution in [0.15, 0.2) is 18.2 Å². The van der Waals surface area contributed by atoms with Crippen molar-refractivity contribution in [1.82, 2.24) is 0 Å². The molecular formula is C15H22ClNO. The minimum Gasteiger partial charge on any atom is -0.381 e. The van der Waals surface area contributed by atoms with Crippen molar-refractivity contribution in [2.24, 2.45) is 0 Å². The molecule has 2 atom stereocenters. The molecule has 0 N–H and O–H groups in total. The number of benzene rings is 1. The van der Waals surface area contributed by atoms with Crippen LogP contribution in [-0.4, -0.2) is 25.8 Å². The van der Waals surface area contributed by atoms with E-state index in [1.165, 1.54) is 16.8 Å². The maximum atomic E-state index is 6.08. The summed E-state index contributed by atoms with van der Waals surface area (Å²) in [6.07, 6.45) is 2.59. The average Bonchev–Trinajstić information content (AvgIpc) is 2.39. The lowest BCUT2D eigenvalue weighted by Crippen LogP contribution is -2.43. The number of aryl methyl sites for hydroxylation is 1. The van der Waals surface area contributed by atoms with Gasteiger partial charge in [-0.1, -0.05) is 17.7 Å². The lowest BCUT2D eigenvalue weighted by Gasteiger charge is -2.39. The van der Waals surface area contributed by atoms with Crippen LogP contribution in [0.2, 0.25) is 0 Å². The van der Waals surface area contributed by atoms with E-state index in [0.29, 0.717) is 18.0 Å². The summed E-state index contributed by atoms with van der Waals surface area (Å²) in [6, 6.07) is 7.07. The van der Waals surface area contributed by atoms with E-state index in [4.69, 9.17) is 16.3 Å². The summed E-state index contributed by atoms with van der Waals surface area (Å²) >= 11 is 6.08. The molecule has 2 nitrogen and oxygen atoms in total. The summed E-state index contributed by atoms with van der Waals surface area (Å²) in [4.78, 5) is 2.46. The topological polar surface area (TPSA) is 12.5 Å². The van der Waals surface area contributed by atoms with E-state index in [1.54, 1.807) is 0 Å². The van der Waals surface area contributed by atoms with Crippen LogP contribution in [0.25, 0.3) is 0 Å². The van der Waals surface area contributed by atoms with Crippen molar-refractivity contribution < 1.29 is 4.74 Å². The number of halogens is 1. The highest BCUT2D eigenvalue weighted by Gasteiger charge is 2.26. The Bertz CT molecular complexity index is 407. The fourth-order valence-corrected chi connectivity index (χ4v) is 3.02. The fraction of sp³-hybridized carbons (Fsp3) is 0.600. The number of hydrogen-bond acceptors (Lipinski definition) is 2. The minimum absolute atomic E-state index is 0.404. The molecule has 0 aliphatic carbocycles. The van der Waals surface area contributed by atoms with Crippen LogP contribution >= 0.6 is 11.6 Å². The van der Waals surface area contributed by atoms with Gasteiger partial charge in [-0.3, -0.25) is 0 Å². The number of nitrogens with zero attached hydrogens (tertiary/aromatic N) is 1. The highest BCUT2D eigenvalue weighted by molar-refractivity contribution is 6.17. The van der Waals surface area contributed by atoms with Gasteiger partial charge in [0.25, 0.3) is 0 Å². The van der Waals surface area contributed by atoms with Crippen molar-refractivity contribution in [2.45, 2.75) is 44.7 Å². The Morgan fingerprint density at radius 1 is 1.44 bits per heavy atom. The van der Waals surface area contributed by atoms with E-state index in [1.807, 2.05) is 7.11 Å². The van der Waals surface area contributed by atoms with Gasteiger partial charge in [0.15, 0.2) is 0 Å². The van der Waals surface area contributed by atoms with Crippen LogP contribution in [0.1, 0.15) is 30.9 Å². The highest BCUT2D eigenvalue weighted by Crippen LogP contribution is 2.30. The zero-order chi connectivity index (χ0) is 13.1. The average molecular weight is 268 g/mol. The maximum absolute atomic E-state index is 6.08. The molecular weight excluding hydrogens is 246 g/mol. The normalized spacial score (nSPS) is 24.3. The van der Waals surface area contributed by atoms with Crippen molar-refractivity contribution in [3.05, 3.63) is 29.3 Å². The van der Waals surface area contributed by atoms with Crippen molar-refractivity contribution in [1.29, 1.82) is 0 Å². The molecule has 1 aliphatic heterocycles. The number of anilines is 1. The predicted molar refractivity (Wildman–Crippen MR) is 77.6 cm³/mol. The van der Waals surface area contributed by atoms with Gasteiger partial charge in [0.2, 0.25) is 0 Å². The predicted octanol–water partition coefficient (Wildman–Crippen LogP) is 3.74. The molecule has 2 unspecified atom stereocenters. The summed E-state index contributed by atoms with van der Waals surface area (Å²) < 4.78 is 5.47. The van der Waals surface area contributed by atoms with Gasteiger partial charge >= 0.3 is 0 Å². The van der Waals surface area contributed by atoms with Gasteiger partial charge in [-0.15, -0.1) is 11.6 Å². The Morgan fingerprint density at radius 3 is 2.83 bits per heavy atom. The summed E-state index contributed by atoms with van der Waals surface area (Å²) in [5, 5.41) is 0. The lowest BCUT2D eigenvalue weighted by molar-refractivity contribution is 0.0721. The van der Waals surface area contributed by atoms with Crippen LogP contribution < -0.4 is 4.90 Å². The third kappa shape index (κ3) is 2.81. The molecule has 0 bridgehead atoms. The molecule has 0 spiro atoms. The first-order valence-electron chi connectivity index (χ1n) is 6.60. The smallest absolute Gasteiger partial charge is 0.0607 e. The third-order valence-electron chi connectivity index (χ3n) is 3.85. The van der Waals surface area contributed by atoms with E-state index < -0.39 is 0 Å². The summed E-state index contributed by atoms with van der Waals surface area (Å²) in [7, 11) is 1.81. The number of ether oxygens (including phenoxy) is 1. The summed E-state index contributed by atoms with van der Waals surface area (Å²) in [6.45, 7) is 5.43. The van der Waals surface area contributed by atoms with E-state index >= 15 is 0 Å². The van der Waals surface area contributed by atoms with Crippen LogP contribution in [-0.2, 0) is 10.6 Å². The fourth-order valence-electron chi connectivity index (χ4n) is 2.80.